The second-order valence-corrected chi connectivity index (χ2v) is 6.87. The fraction of sp³-hybridized carbons (Fsp3) is 0.167. The number of ether oxygens (including phenoxy) is 1. The molecular formula is C24H21NO4. The van der Waals surface area contributed by atoms with Gasteiger partial charge in [0.25, 0.3) is 0 Å². The van der Waals surface area contributed by atoms with Crippen LogP contribution in [0.5, 0.6) is 5.75 Å². The van der Waals surface area contributed by atoms with E-state index in [1.54, 1.807) is 42.5 Å². The van der Waals surface area contributed by atoms with Crippen molar-refractivity contribution in [3.8, 4) is 5.75 Å². The molecule has 29 heavy (non-hydrogen) atoms. The molecule has 0 bridgehead atoms. The Morgan fingerprint density at radius 1 is 0.759 bits per heavy atom. The number of benzene rings is 3. The smallest absolute Gasteiger partial charge is 0.196 e. The summed E-state index contributed by atoms with van der Waals surface area (Å²) in [4.78, 5) is 28.3. The predicted molar refractivity (Wildman–Crippen MR) is 111 cm³/mol. The number of nitrogens with zero attached hydrogens (tertiary/aromatic N) is 1. The van der Waals surface area contributed by atoms with E-state index >= 15 is 0 Å². The Bertz CT molecular complexity index is 1040. The number of hydrogen-bond acceptors (Lipinski definition) is 5. The van der Waals surface area contributed by atoms with Gasteiger partial charge in [0.15, 0.2) is 11.6 Å². The fourth-order valence-corrected chi connectivity index (χ4v) is 3.51. The summed E-state index contributed by atoms with van der Waals surface area (Å²) in [5.74, 6) is -0.538. The van der Waals surface area contributed by atoms with Gasteiger partial charge in [0.05, 0.1) is 18.8 Å². The van der Waals surface area contributed by atoms with Crippen LogP contribution in [0.25, 0.3) is 0 Å². The highest BCUT2D eigenvalue weighted by Crippen LogP contribution is 2.28. The SMILES string of the molecule is O=C(c1ccc(N2CCOCC2)c(C(=O)c2ccccc2)c1)c1ccccc1O. The maximum absolute atomic E-state index is 13.3. The number of aromatic hydroxyl groups is 1. The first kappa shape index (κ1) is 18.9. The molecule has 3 aromatic rings. The van der Waals surface area contributed by atoms with Gasteiger partial charge in [0, 0.05) is 35.5 Å². The Morgan fingerprint density at radius 2 is 1.41 bits per heavy atom. The van der Waals surface area contributed by atoms with Crippen LogP contribution in [-0.2, 0) is 4.74 Å². The molecule has 1 aliphatic heterocycles. The molecule has 3 aromatic carbocycles. The van der Waals surface area contributed by atoms with E-state index < -0.39 is 0 Å². The van der Waals surface area contributed by atoms with Crippen molar-refractivity contribution in [2.24, 2.45) is 0 Å². The van der Waals surface area contributed by atoms with Crippen molar-refractivity contribution >= 4 is 17.3 Å². The maximum atomic E-state index is 13.3. The van der Waals surface area contributed by atoms with Crippen molar-refractivity contribution in [2.75, 3.05) is 31.2 Å². The van der Waals surface area contributed by atoms with Gasteiger partial charge >= 0.3 is 0 Å². The first-order chi connectivity index (χ1) is 14.1. The second-order valence-electron chi connectivity index (χ2n) is 6.87. The van der Waals surface area contributed by atoms with Crippen LogP contribution in [0, 0.1) is 0 Å². The van der Waals surface area contributed by atoms with Crippen molar-refractivity contribution in [1.29, 1.82) is 0 Å². The molecule has 0 saturated carbocycles. The van der Waals surface area contributed by atoms with Crippen LogP contribution in [0.1, 0.15) is 31.8 Å². The van der Waals surface area contributed by atoms with Crippen molar-refractivity contribution in [3.63, 3.8) is 0 Å². The largest absolute Gasteiger partial charge is 0.507 e. The molecule has 1 aliphatic rings. The van der Waals surface area contributed by atoms with Crippen LogP contribution in [0.2, 0.25) is 0 Å². The molecule has 0 spiro atoms. The highest BCUT2D eigenvalue weighted by Gasteiger charge is 2.22. The first-order valence-corrected chi connectivity index (χ1v) is 9.54. The van der Waals surface area contributed by atoms with Crippen molar-refractivity contribution < 1.29 is 19.4 Å². The molecule has 0 aliphatic carbocycles. The van der Waals surface area contributed by atoms with Crippen molar-refractivity contribution in [3.05, 3.63) is 95.1 Å². The van der Waals surface area contributed by atoms with E-state index in [4.69, 9.17) is 4.74 Å². The van der Waals surface area contributed by atoms with E-state index in [1.165, 1.54) is 6.07 Å². The third-order valence-electron chi connectivity index (χ3n) is 5.04. The molecule has 0 aromatic heterocycles. The second kappa shape index (κ2) is 8.29. The summed E-state index contributed by atoms with van der Waals surface area (Å²) in [5, 5.41) is 10.0. The minimum absolute atomic E-state index is 0.0781. The summed E-state index contributed by atoms with van der Waals surface area (Å²) < 4.78 is 5.43. The standard InChI is InChI=1S/C24H21NO4/c26-22-9-5-4-8-19(22)24(28)18-10-11-21(25-12-14-29-15-13-25)20(16-18)23(27)17-6-2-1-3-7-17/h1-11,16,26H,12-15H2. The Kier molecular flexibility index (Phi) is 5.40. The number of ketones is 2. The molecule has 1 N–H and O–H groups in total. The lowest BCUT2D eigenvalue weighted by molar-refractivity contribution is 0.103. The van der Waals surface area contributed by atoms with Gasteiger partial charge < -0.3 is 14.7 Å². The number of carbonyl (C=O) groups excluding carboxylic acids is 2. The van der Waals surface area contributed by atoms with Crippen LogP contribution in [0.4, 0.5) is 5.69 Å². The number of carbonyl (C=O) groups is 2. The van der Waals surface area contributed by atoms with Gasteiger partial charge in [-0.3, -0.25) is 9.59 Å². The third-order valence-corrected chi connectivity index (χ3v) is 5.04. The van der Waals surface area contributed by atoms with E-state index in [0.29, 0.717) is 43.0 Å². The molecule has 1 fully saturated rings. The number of morpholine rings is 1. The van der Waals surface area contributed by atoms with E-state index in [2.05, 4.69) is 4.90 Å². The van der Waals surface area contributed by atoms with Crippen LogP contribution >= 0.6 is 0 Å². The molecular weight excluding hydrogens is 366 g/mol. The molecule has 1 saturated heterocycles. The number of phenolic OH excluding ortho intramolecular Hbond substituents is 1. The quantitative estimate of drug-likeness (QED) is 0.677. The Hall–Kier alpha value is -3.44. The molecule has 1 heterocycles. The molecule has 146 valence electrons. The van der Waals surface area contributed by atoms with Crippen molar-refractivity contribution in [1.82, 2.24) is 0 Å². The van der Waals surface area contributed by atoms with Gasteiger partial charge in [0.1, 0.15) is 5.75 Å². The topological polar surface area (TPSA) is 66.8 Å². The van der Waals surface area contributed by atoms with E-state index in [1.807, 2.05) is 24.3 Å². The predicted octanol–water partition coefficient (Wildman–Crippen LogP) is 3.69. The van der Waals surface area contributed by atoms with Gasteiger partial charge in [-0.25, -0.2) is 0 Å². The molecule has 0 radical (unpaired) electrons. The monoisotopic (exact) mass is 387 g/mol. The zero-order chi connectivity index (χ0) is 20.2. The zero-order valence-electron chi connectivity index (χ0n) is 15.9. The summed E-state index contributed by atoms with van der Waals surface area (Å²) in [6.07, 6.45) is 0. The van der Waals surface area contributed by atoms with Crippen LogP contribution in [0.15, 0.2) is 72.8 Å². The van der Waals surface area contributed by atoms with Gasteiger partial charge in [-0.1, -0.05) is 42.5 Å². The van der Waals surface area contributed by atoms with Gasteiger partial charge in [0.2, 0.25) is 0 Å². The number of phenols is 1. The van der Waals surface area contributed by atoms with E-state index in [9.17, 15) is 14.7 Å². The van der Waals surface area contributed by atoms with Gasteiger partial charge in [-0.15, -0.1) is 0 Å². The fourth-order valence-electron chi connectivity index (χ4n) is 3.51. The molecule has 0 unspecified atom stereocenters. The highest BCUT2D eigenvalue weighted by molar-refractivity contribution is 6.16. The summed E-state index contributed by atoms with van der Waals surface area (Å²) in [5.41, 5.74) is 2.40. The molecule has 4 rings (SSSR count). The number of hydrogen-bond donors (Lipinski definition) is 1. The van der Waals surface area contributed by atoms with Crippen LogP contribution in [0.3, 0.4) is 0 Å². The molecule has 5 nitrogen and oxygen atoms in total. The number of para-hydroxylation sites is 1. The average Bonchev–Trinajstić information content (AvgIpc) is 2.79. The Labute approximate surface area is 169 Å². The van der Waals surface area contributed by atoms with Crippen LogP contribution in [-0.4, -0.2) is 43.0 Å². The minimum atomic E-state index is -0.321. The lowest BCUT2D eigenvalue weighted by Crippen LogP contribution is -2.37. The highest BCUT2D eigenvalue weighted by atomic mass is 16.5. The van der Waals surface area contributed by atoms with E-state index in [0.717, 1.165) is 5.69 Å². The molecule has 0 amide bonds. The summed E-state index contributed by atoms with van der Waals surface area (Å²) in [6, 6.07) is 20.6. The van der Waals surface area contributed by atoms with Gasteiger partial charge in [-0.05, 0) is 30.3 Å². The zero-order valence-corrected chi connectivity index (χ0v) is 15.9. The maximum Gasteiger partial charge on any atom is 0.196 e. The Morgan fingerprint density at radius 3 is 2.14 bits per heavy atom. The molecule has 0 atom stereocenters. The lowest BCUT2D eigenvalue weighted by Gasteiger charge is -2.30. The summed E-state index contributed by atoms with van der Waals surface area (Å²) >= 11 is 0. The molecule has 5 heteroatoms. The lowest BCUT2D eigenvalue weighted by atomic mass is 9.95. The normalized spacial score (nSPS) is 13.9. The third kappa shape index (κ3) is 3.91. The summed E-state index contributed by atoms with van der Waals surface area (Å²) in [7, 11) is 0. The van der Waals surface area contributed by atoms with Gasteiger partial charge in [-0.2, -0.15) is 0 Å². The average molecular weight is 387 g/mol. The Balaban J connectivity index is 1.78. The van der Waals surface area contributed by atoms with Crippen molar-refractivity contribution in [2.45, 2.75) is 0 Å². The number of anilines is 1. The van der Waals surface area contributed by atoms with E-state index in [-0.39, 0.29) is 22.9 Å². The minimum Gasteiger partial charge on any atom is -0.507 e. The first-order valence-electron chi connectivity index (χ1n) is 9.54. The van der Waals surface area contributed by atoms with Crippen LogP contribution < -0.4 is 4.90 Å². The summed E-state index contributed by atoms with van der Waals surface area (Å²) in [6.45, 7) is 2.55. The number of rotatable bonds is 5.